The van der Waals surface area contributed by atoms with Gasteiger partial charge in [0.25, 0.3) is 0 Å². The van der Waals surface area contributed by atoms with E-state index in [4.69, 9.17) is 5.73 Å². The van der Waals surface area contributed by atoms with Crippen LogP contribution in [0.3, 0.4) is 0 Å². The van der Waals surface area contributed by atoms with Crippen LogP contribution in [0.1, 0.15) is 19.4 Å². The molecule has 4 heteroatoms. The minimum atomic E-state index is -0.452. The minimum Gasteiger partial charge on any atom is -0.351 e. The second-order valence-corrected chi connectivity index (χ2v) is 4.88. The SMILES string of the molecule is CC(CN(C)Cc1ccccc1)NC(=O)C(C)N. The number of benzene rings is 1. The molecule has 0 radical (unpaired) electrons. The first-order valence-electron chi connectivity index (χ1n) is 6.27. The molecule has 18 heavy (non-hydrogen) atoms. The van der Waals surface area contributed by atoms with E-state index in [9.17, 15) is 4.79 Å². The lowest BCUT2D eigenvalue weighted by atomic mass is 10.2. The number of rotatable bonds is 6. The summed E-state index contributed by atoms with van der Waals surface area (Å²) < 4.78 is 0. The van der Waals surface area contributed by atoms with Gasteiger partial charge in [-0.05, 0) is 26.5 Å². The van der Waals surface area contributed by atoms with Crippen molar-refractivity contribution >= 4 is 5.91 Å². The van der Waals surface area contributed by atoms with Gasteiger partial charge in [-0.3, -0.25) is 4.79 Å². The van der Waals surface area contributed by atoms with E-state index in [1.54, 1.807) is 6.92 Å². The van der Waals surface area contributed by atoms with Crippen molar-refractivity contribution in [2.75, 3.05) is 13.6 Å². The molecule has 0 spiro atoms. The van der Waals surface area contributed by atoms with Crippen LogP contribution in [-0.4, -0.2) is 36.5 Å². The van der Waals surface area contributed by atoms with Gasteiger partial charge in [0.15, 0.2) is 0 Å². The van der Waals surface area contributed by atoms with Crippen molar-refractivity contribution in [1.29, 1.82) is 0 Å². The van der Waals surface area contributed by atoms with E-state index in [0.717, 1.165) is 13.1 Å². The smallest absolute Gasteiger partial charge is 0.236 e. The predicted molar refractivity (Wildman–Crippen MR) is 74.0 cm³/mol. The molecule has 0 aromatic heterocycles. The first-order valence-corrected chi connectivity index (χ1v) is 6.27. The summed E-state index contributed by atoms with van der Waals surface area (Å²) >= 11 is 0. The van der Waals surface area contributed by atoms with Crippen LogP contribution in [0.4, 0.5) is 0 Å². The number of nitrogens with zero attached hydrogens (tertiary/aromatic N) is 1. The summed E-state index contributed by atoms with van der Waals surface area (Å²) in [7, 11) is 2.04. The van der Waals surface area contributed by atoms with E-state index in [1.165, 1.54) is 5.56 Å². The summed E-state index contributed by atoms with van der Waals surface area (Å²) in [6.45, 7) is 5.35. The van der Waals surface area contributed by atoms with E-state index in [-0.39, 0.29) is 11.9 Å². The Morgan fingerprint density at radius 3 is 2.50 bits per heavy atom. The molecule has 0 aliphatic carbocycles. The molecule has 0 aliphatic rings. The fourth-order valence-corrected chi connectivity index (χ4v) is 1.85. The predicted octanol–water partition coefficient (Wildman–Crippen LogP) is 0.970. The van der Waals surface area contributed by atoms with Crippen LogP contribution < -0.4 is 11.1 Å². The molecular weight excluding hydrogens is 226 g/mol. The van der Waals surface area contributed by atoms with Crippen LogP contribution in [0.25, 0.3) is 0 Å². The van der Waals surface area contributed by atoms with Gasteiger partial charge >= 0.3 is 0 Å². The van der Waals surface area contributed by atoms with Crippen molar-refractivity contribution in [2.45, 2.75) is 32.5 Å². The molecule has 0 bridgehead atoms. The Labute approximate surface area is 109 Å². The van der Waals surface area contributed by atoms with Gasteiger partial charge in [-0.25, -0.2) is 0 Å². The molecule has 4 nitrogen and oxygen atoms in total. The maximum absolute atomic E-state index is 11.4. The number of carbonyl (C=O) groups is 1. The lowest BCUT2D eigenvalue weighted by Gasteiger charge is -2.22. The topological polar surface area (TPSA) is 58.4 Å². The monoisotopic (exact) mass is 249 g/mol. The largest absolute Gasteiger partial charge is 0.351 e. The molecule has 0 saturated heterocycles. The molecular formula is C14H23N3O. The van der Waals surface area contributed by atoms with Gasteiger partial charge in [0.1, 0.15) is 0 Å². The number of likely N-dealkylation sites (N-methyl/N-ethyl adjacent to an activating group) is 1. The molecule has 1 aromatic rings. The van der Waals surface area contributed by atoms with Crippen LogP contribution >= 0.6 is 0 Å². The zero-order chi connectivity index (χ0) is 13.5. The molecule has 0 aliphatic heterocycles. The normalized spacial score (nSPS) is 14.3. The first-order chi connectivity index (χ1) is 8.49. The summed E-state index contributed by atoms with van der Waals surface area (Å²) in [5.74, 6) is -0.101. The van der Waals surface area contributed by atoms with Crippen molar-refractivity contribution in [2.24, 2.45) is 5.73 Å². The van der Waals surface area contributed by atoms with Crippen LogP contribution in [0.2, 0.25) is 0 Å². The van der Waals surface area contributed by atoms with E-state index < -0.39 is 6.04 Å². The van der Waals surface area contributed by atoms with E-state index in [2.05, 4.69) is 22.3 Å². The molecule has 1 rings (SSSR count). The van der Waals surface area contributed by atoms with Crippen LogP contribution in [0, 0.1) is 0 Å². The van der Waals surface area contributed by atoms with E-state index >= 15 is 0 Å². The summed E-state index contributed by atoms with van der Waals surface area (Å²) in [5, 5.41) is 2.89. The highest BCUT2D eigenvalue weighted by molar-refractivity contribution is 5.81. The molecule has 2 unspecified atom stereocenters. The Kier molecular flexibility index (Phi) is 5.82. The van der Waals surface area contributed by atoms with E-state index in [0.29, 0.717) is 0 Å². The number of nitrogens with two attached hydrogens (primary N) is 1. The average molecular weight is 249 g/mol. The first kappa shape index (κ1) is 14.7. The molecule has 1 aromatic carbocycles. The Hall–Kier alpha value is -1.39. The van der Waals surface area contributed by atoms with Crippen molar-refractivity contribution in [3.63, 3.8) is 0 Å². The Balaban J connectivity index is 2.36. The third-order valence-corrected chi connectivity index (χ3v) is 2.68. The van der Waals surface area contributed by atoms with Gasteiger partial charge in [-0.15, -0.1) is 0 Å². The zero-order valence-corrected chi connectivity index (χ0v) is 11.4. The fourth-order valence-electron chi connectivity index (χ4n) is 1.85. The number of hydrogen-bond donors (Lipinski definition) is 2. The molecule has 100 valence electrons. The van der Waals surface area contributed by atoms with Crippen LogP contribution in [0.15, 0.2) is 30.3 Å². The standard InChI is InChI=1S/C14H23N3O/c1-11(16-14(18)12(2)15)9-17(3)10-13-7-5-4-6-8-13/h4-8,11-12H,9-10,15H2,1-3H3,(H,16,18). The lowest BCUT2D eigenvalue weighted by molar-refractivity contribution is -0.122. The second kappa shape index (κ2) is 7.13. The van der Waals surface area contributed by atoms with E-state index in [1.807, 2.05) is 32.2 Å². The molecule has 1 amide bonds. The van der Waals surface area contributed by atoms with Crippen molar-refractivity contribution in [1.82, 2.24) is 10.2 Å². The number of nitrogens with one attached hydrogen (secondary N) is 1. The molecule has 0 saturated carbocycles. The van der Waals surface area contributed by atoms with Gasteiger partial charge in [0.2, 0.25) is 5.91 Å². The van der Waals surface area contributed by atoms with Crippen molar-refractivity contribution in [3.05, 3.63) is 35.9 Å². The van der Waals surface area contributed by atoms with Crippen molar-refractivity contribution < 1.29 is 4.79 Å². The summed E-state index contributed by atoms with van der Waals surface area (Å²) in [6, 6.07) is 9.91. The Morgan fingerprint density at radius 2 is 1.94 bits per heavy atom. The second-order valence-electron chi connectivity index (χ2n) is 4.88. The fraction of sp³-hybridized carbons (Fsp3) is 0.500. The third-order valence-electron chi connectivity index (χ3n) is 2.68. The maximum Gasteiger partial charge on any atom is 0.236 e. The van der Waals surface area contributed by atoms with Gasteiger partial charge in [-0.1, -0.05) is 30.3 Å². The van der Waals surface area contributed by atoms with Crippen molar-refractivity contribution in [3.8, 4) is 0 Å². The minimum absolute atomic E-state index is 0.0946. The number of hydrogen-bond acceptors (Lipinski definition) is 3. The Bertz CT molecular complexity index is 365. The van der Waals surface area contributed by atoms with Gasteiger partial charge < -0.3 is 16.0 Å². The van der Waals surface area contributed by atoms with Gasteiger partial charge in [0.05, 0.1) is 6.04 Å². The highest BCUT2D eigenvalue weighted by Gasteiger charge is 2.12. The van der Waals surface area contributed by atoms with Gasteiger partial charge in [-0.2, -0.15) is 0 Å². The summed E-state index contributed by atoms with van der Waals surface area (Å²) in [6.07, 6.45) is 0. The Morgan fingerprint density at radius 1 is 1.33 bits per heavy atom. The lowest BCUT2D eigenvalue weighted by Crippen LogP contribution is -2.46. The summed E-state index contributed by atoms with van der Waals surface area (Å²) in [5.41, 5.74) is 6.78. The number of amides is 1. The van der Waals surface area contributed by atoms with Gasteiger partial charge in [0, 0.05) is 19.1 Å². The summed E-state index contributed by atoms with van der Waals surface area (Å²) in [4.78, 5) is 13.6. The molecule has 0 heterocycles. The maximum atomic E-state index is 11.4. The third kappa shape index (κ3) is 5.29. The highest BCUT2D eigenvalue weighted by Crippen LogP contribution is 2.03. The average Bonchev–Trinajstić information content (AvgIpc) is 2.29. The molecule has 0 fully saturated rings. The van der Waals surface area contributed by atoms with Crippen LogP contribution in [0.5, 0.6) is 0 Å². The molecule has 3 N–H and O–H groups in total. The highest BCUT2D eigenvalue weighted by atomic mass is 16.2. The number of carbonyl (C=O) groups excluding carboxylic acids is 1. The zero-order valence-electron chi connectivity index (χ0n) is 11.4. The molecule has 2 atom stereocenters. The quantitative estimate of drug-likeness (QED) is 0.790. The van der Waals surface area contributed by atoms with Crippen LogP contribution in [-0.2, 0) is 11.3 Å².